The molecule has 0 bridgehead atoms. The maximum Gasteiger partial charge on any atom is 0.419 e. The van der Waals surface area contributed by atoms with Gasteiger partial charge in [0, 0.05) is 13.0 Å². The van der Waals surface area contributed by atoms with E-state index in [0.29, 0.717) is 0 Å². The molecular formula is C6H10F3NO2. The molecule has 0 radical (unpaired) electrons. The lowest BCUT2D eigenvalue weighted by atomic mass is 9.89. The predicted octanol–water partition coefficient (Wildman–Crippen LogP) is -0.366. The first-order chi connectivity index (χ1) is 5.38. The zero-order valence-corrected chi connectivity index (χ0v) is 6.23. The highest BCUT2D eigenvalue weighted by atomic mass is 19.4. The highest BCUT2D eigenvalue weighted by molar-refractivity contribution is 4.97. The minimum absolute atomic E-state index is 0.0626. The van der Waals surface area contributed by atoms with Crippen molar-refractivity contribution < 1.29 is 23.4 Å². The van der Waals surface area contributed by atoms with E-state index in [1.54, 1.807) is 0 Å². The van der Waals surface area contributed by atoms with Gasteiger partial charge in [-0.1, -0.05) is 0 Å². The van der Waals surface area contributed by atoms with Gasteiger partial charge >= 0.3 is 6.18 Å². The first-order valence-electron chi connectivity index (χ1n) is 3.56. The number of nitrogens with one attached hydrogen (secondary N) is 1. The summed E-state index contributed by atoms with van der Waals surface area (Å²) in [6, 6.07) is 0. The van der Waals surface area contributed by atoms with Crippen LogP contribution in [0.3, 0.4) is 0 Å². The van der Waals surface area contributed by atoms with Gasteiger partial charge < -0.3 is 15.5 Å². The van der Waals surface area contributed by atoms with E-state index < -0.39 is 24.3 Å². The van der Waals surface area contributed by atoms with E-state index >= 15 is 0 Å². The first-order valence-corrected chi connectivity index (χ1v) is 3.56. The van der Waals surface area contributed by atoms with E-state index in [1.807, 2.05) is 0 Å². The minimum atomic E-state index is -4.76. The van der Waals surface area contributed by atoms with Gasteiger partial charge in [0.25, 0.3) is 0 Å². The zero-order chi connectivity index (χ0) is 9.41. The Morgan fingerprint density at radius 2 is 2.00 bits per heavy atom. The monoisotopic (exact) mass is 185 g/mol. The largest absolute Gasteiger partial charge is 0.419 e. The molecule has 0 amide bonds. The molecule has 0 spiro atoms. The highest BCUT2D eigenvalue weighted by Crippen LogP contribution is 2.36. The fourth-order valence-electron chi connectivity index (χ4n) is 1.18. The van der Waals surface area contributed by atoms with Crippen LogP contribution in [0.15, 0.2) is 0 Å². The standard InChI is InChI=1S/C6H10F3NO2/c7-6(8,9)5(12)1-2-10-3-4(5)11/h4,10-12H,1-3H2. The predicted molar refractivity (Wildman–Crippen MR) is 34.5 cm³/mol. The molecule has 2 unspecified atom stereocenters. The quantitative estimate of drug-likeness (QED) is 0.483. The fourth-order valence-corrected chi connectivity index (χ4v) is 1.18. The summed E-state index contributed by atoms with van der Waals surface area (Å²) in [5.74, 6) is 0. The molecular weight excluding hydrogens is 175 g/mol. The van der Waals surface area contributed by atoms with Gasteiger partial charge in [-0.3, -0.25) is 0 Å². The number of halogens is 3. The number of piperidine rings is 1. The van der Waals surface area contributed by atoms with E-state index in [-0.39, 0.29) is 13.1 Å². The van der Waals surface area contributed by atoms with Crippen molar-refractivity contribution in [2.75, 3.05) is 13.1 Å². The molecule has 0 aliphatic carbocycles. The fraction of sp³-hybridized carbons (Fsp3) is 1.00. The van der Waals surface area contributed by atoms with Crippen LogP contribution < -0.4 is 5.32 Å². The number of aliphatic hydroxyl groups is 2. The van der Waals surface area contributed by atoms with E-state index in [4.69, 9.17) is 10.2 Å². The van der Waals surface area contributed by atoms with E-state index in [2.05, 4.69) is 5.32 Å². The van der Waals surface area contributed by atoms with Gasteiger partial charge in [0.2, 0.25) is 0 Å². The Morgan fingerprint density at radius 1 is 1.42 bits per heavy atom. The molecule has 72 valence electrons. The molecule has 12 heavy (non-hydrogen) atoms. The van der Waals surface area contributed by atoms with Crippen molar-refractivity contribution in [1.82, 2.24) is 5.32 Å². The molecule has 6 heteroatoms. The van der Waals surface area contributed by atoms with Crippen LogP contribution in [0.4, 0.5) is 13.2 Å². The summed E-state index contributed by atoms with van der Waals surface area (Å²) in [6.45, 7) is -0.164. The topological polar surface area (TPSA) is 52.5 Å². The molecule has 3 N–H and O–H groups in total. The van der Waals surface area contributed by atoms with Crippen LogP contribution in [0.2, 0.25) is 0 Å². The Hall–Kier alpha value is -0.330. The summed E-state index contributed by atoms with van der Waals surface area (Å²) < 4.78 is 36.4. The molecule has 0 aromatic heterocycles. The highest BCUT2D eigenvalue weighted by Gasteiger charge is 2.58. The summed E-state index contributed by atoms with van der Waals surface area (Å²) in [5, 5.41) is 20.5. The number of rotatable bonds is 0. The van der Waals surface area contributed by atoms with E-state index in [1.165, 1.54) is 0 Å². The Bertz CT molecular complexity index is 173. The van der Waals surface area contributed by atoms with Gasteiger partial charge in [-0.2, -0.15) is 13.2 Å². The van der Waals surface area contributed by atoms with Crippen LogP contribution >= 0.6 is 0 Å². The molecule has 1 aliphatic rings. The normalized spacial score (nSPS) is 38.2. The van der Waals surface area contributed by atoms with E-state index in [9.17, 15) is 13.2 Å². The number of hydrogen-bond donors (Lipinski definition) is 3. The van der Waals surface area contributed by atoms with Crippen molar-refractivity contribution in [1.29, 1.82) is 0 Å². The van der Waals surface area contributed by atoms with Crippen LogP contribution in [-0.4, -0.2) is 41.2 Å². The second-order valence-electron chi connectivity index (χ2n) is 2.89. The number of hydrogen-bond acceptors (Lipinski definition) is 3. The van der Waals surface area contributed by atoms with Crippen molar-refractivity contribution in [3.8, 4) is 0 Å². The van der Waals surface area contributed by atoms with Gasteiger partial charge in [0.05, 0.1) is 0 Å². The molecule has 0 aromatic carbocycles. The minimum Gasteiger partial charge on any atom is -0.388 e. The average molecular weight is 185 g/mol. The van der Waals surface area contributed by atoms with Gasteiger partial charge in [0.1, 0.15) is 6.10 Å². The van der Waals surface area contributed by atoms with Crippen molar-refractivity contribution in [3.63, 3.8) is 0 Å². The lowest BCUT2D eigenvalue weighted by Gasteiger charge is -2.38. The molecule has 0 saturated carbocycles. The molecule has 1 saturated heterocycles. The molecule has 2 atom stereocenters. The third kappa shape index (κ3) is 1.41. The smallest absolute Gasteiger partial charge is 0.388 e. The van der Waals surface area contributed by atoms with Crippen molar-refractivity contribution in [3.05, 3.63) is 0 Å². The maximum atomic E-state index is 12.1. The lowest BCUT2D eigenvalue weighted by Crippen LogP contribution is -2.62. The summed E-state index contributed by atoms with van der Waals surface area (Å²) in [7, 11) is 0. The molecule has 1 heterocycles. The second kappa shape index (κ2) is 2.86. The Morgan fingerprint density at radius 3 is 2.33 bits per heavy atom. The summed E-state index contributed by atoms with van der Waals surface area (Å²) >= 11 is 0. The third-order valence-corrected chi connectivity index (χ3v) is 2.06. The van der Waals surface area contributed by atoms with Crippen molar-refractivity contribution >= 4 is 0 Å². The maximum absolute atomic E-state index is 12.1. The molecule has 1 aliphatic heterocycles. The zero-order valence-electron chi connectivity index (χ0n) is 6.23. The average Bonchev–Trinajstić information content (AvgIpc) is 1.93. The third-order valence-electron chi connectivity index (χ3n) is 2.06. The van der Waals surface area contributed by atoms with E-state index in [0.717, 1.165) is 0 Å². The Kier molecular flexibility index (Phi) is 2.33. The van der Waals surface area contributed by atoms with Crippen LogP contribution in [0, 0.1) is 0 Å². The molecule has 1 fully saturated rings. The number of aliphatic hydroxyl groups excluding tert-OH is 1. The van der Waals surface area contributed by atoms with Crippen molar-refractivity contribution in [2.24, 2.45) is 0 Å². The Labute approximate surface area is 67.2 Å². The van der Waals surface area contributed by atoms with Crippen LogP contribution in [-0.2, 0) is 0 Å². The van der Waals surface area contributed by atoms with Crippen LogP contribution in [0.5, 0.6) is 0 Å². The van der Waals surface area contributed by atoms with Gasteiger partial charge in [0.15, 0.2) is 5.60 Å². The second-order valence-corrected chi connectivity index (χ2v) is 2.89. The lowest BCUT2D eigenvalue weighted by molar-refractivity contribution is -0.296. The first kappa shape index (κ1) is 9.76. The Balaban J connectivity index is 2.79. The van der Waals surface area contributed by atoms with Gasteiger partial charge in [-0.15, -0.1) is 0 Å². The summed E-state index contributed by atoms with van der Waals surface area (Å²) in [5.41, 5.74) is -2.93. The molecule has 0 aromatic rings. The van der Waals surface area contributed by atoms with Crippen LogP contribution in [0.1, 0.15) is 6.42 Å². The van der Waals surface area contributed by atoms with Crippen LogP contribution in [0.25, 0.3) is 0 Å². The number of β-amino-alcohol motifs (C(OH)–C–C–N with tert-alkyl or cyclic N) is 1. The summed E-state index contributed by atoms with van der Waals surface area (Å²) in [4.78, 5) is 0. The van der Waals surface area contributed by atoms with Gasteiger partial charge in [-0.25, -0.2) is 0 Å². The summed E-state index contributed by atoms with van der Waals surface area (Å²) in [6.07, 6.45) is -7.03. The number of alkyl halides is 3. The molecule has 3 nitrogen and oxygen atoms in total. The molecule has 1 rings (SSSR count). The van der Waals surface area contributed by atoms with Crippen molar-refractivity contribution in [2.45, 2.75) is 24.3 Å². The van der Waals surface area contributed by atoms with Gasteiger partial charge in [-0.05, 0) is 6.54 Å². The SMILES string of the molecule is OC1CNCCC1(O)C(F)(F)F.